The number of benzene rings is 2. The number of aromatic amines is 1. The van der Waals surface area contributed by atoms with Crippen molar-refractivity contribution >= 4 is 15.7 Å². The summed E-state index contributed by atoms with van der Waals surface area (Å²) in [6.45, 7) is 1.53. The fourth-order valence-corrected chi connectivity index (χ4v) is 6.08. The molecule has 0 aliphatic carbocycles. The molecule has 2 aromatic carbocycles. The lowest BCUT2D eigenvalue weighted by atomic mass is 10.1. The van der Waals surface area contributed by atoms with E-state index in [0.717, 1.165) is 18.7 Å². The molecule has 0 unspecified atom stereocenters. The predicted octanol–water partition coefficient (Wildman–Crippen LogP) is 3.54. The van der Waals surface area contributed by atoms with Crippen LogP contribution in [0.15, 0.2) is 72.0 Å². The molecule has 4 aromatic rings. The summed E-state index contributed by atoms with van der Waals surface area (Å²) >= 11 is 0. The summed E-state index contributed by atoms with van der Waals surface area (Å²) in [6.07, 6.45) is 6.54. The Morgan fingerprint density at radius 2 is 1.84 bits per heavy atom. The number of hydrogen-bond donors (Lipinski definition) is 2. The highest BCUT2D eigenvalue weighted by Crippen LogP contribution is 2.30. The second-order valence-electron chi connectivity index (χ2n) is 9.11. The molecule has 37 heavy (non-hydrogen) atoms. The Kier molecular flexibility index (Phi) is 7.00. The molecule has 1 aliphatic heterocycles. The molecule has 0 spiro atoms. The Morgan fingerprint density at radius 1 is 1.08 bits per heavy atom. The van der Waals surface area contributed by atoms with Gasteiger partial charge in [0.25, 0.3) is 0 Å². The summed E-state index contributed by atoms with van der Waals surface area (Å²) in [5.74, 6) is 0.848. The molecule has 1 fully saturated rings. The molecule has 5 rings (SSSR count). The van der Waals surface area contributed by atoms with Crippen molar-refractivity contribution in [1.29, 1.82) is 0 Å². The quantitative estimate of drug-likeness (QED) is 0.357. The molecule has 1 aliphatic rings. The minimum absolute atomic E-state index is 0.148. The van der Waals surface area contributed by atoms with Gasteiger partial charge in [0.15, 0.2) is 5.82 Å². The highest BCUT2D eigenvalue weighted by Gasteiger charge is 2.31. The summed E-state index contributed by atoms with van der Waals surface area (Å²) in [7, 11) is -1.70. The number of imidazole rings is 1. The Balaban J connectivity index is 1.34. The van der Waals surface area contributed by atoms with Gasteiger partial charge in [-0.25, -0.2) is 27.8 Å². The van der Waals surface area contributed by atoms with E-state index < -0.39 is 10.0 Å². The number of halogens is 1. The number of rotatable bonds is 7. The van der Waals surface area contributed by atoms with E-state index in [-0.39, 0.29) is 16.8 Å². The van der Waals surface area contributed by atoms with Crippen molar-refractivity contribution in [2.24, 2.45) is 0 Å². The van der Waals surface area contributed by atoms with Crippen LogP contribution in [0.4, 0.5) is 10.1 Å². The topological polar surface area (TPSA) is 121 Å². The van der Waals surface area contributed by atoms with Gasteiger partial charge < -0.3 is 10.7 Å². The number of sulfonamides is 1. The average molecular weight is 522 g/mol. The largest absolute Gasteiger partial charge is 0.398 e. The highest BCUT2D eigenvalue weighted by atomic mass is 32.2. The van der Waals surface area contributed by atoms with Crippen LogP contribution in [0.2, 0.25) is 0 Å². The standard InChI is InChI=1S/C26H28FN7O2S/c1-33(17-25-29-12-13-30-25)20-9-14-34(15-10-20)37(35,36)21-6-7-23(28)22(16-21)26-31-11-8-24(32-26)18-2-4-19(27)5-3-18/h2-8,11-13,16,20H,9-10,14-15,17,28H2,1H3,(H,29,30). The van der Waals surface area contributed by atoms with Crippen molar-refractivity contribution in [1.82, 2.24) is 29.1 Å². The van der Waals surface area contributed by atoms with E-state index in [9.17, 15) is 12.8 Å². The summed E-state index contributed by atoms with van der Waals surface area (Å²) in [5, 5.41) is 0. The Morgan fingerprint density at radius 3 is 2.54 bits per heavy atom. The normalized spacial score (nSPS) is 15.3. The van der Waals surface area contributed by atoms with E-state index in [1.165, 1.54) is 28.6 Å². The third-order valence-corrected chi connectivity index (χ3v) is 8.59. The van der Waals surface area contributed by atoms with E-state index in [1.54, 1.807) is 42.9 Å². The van der Waals surface area contributed by atoms with Crippen LogP contribution < -0.4 is 5.73 Å². The second-order valence-corrected chi connectivity index (χ2v) is 11.0. The number of aromatic nitrogens is 4. The fraction of sp³-hybridized carbons (Fsp3) is 0.269. The van der Waals surface area contributed by atoms with Gasteiger partial charge in [-0.05, 0) is 68.4 Å². The molecule has 1 saturated heterocycles. The van der Waals surface area contributed by atoms with Crippen LogP contribution >= 0.6 is 0 Å². The Labute approximate surface area is 215 Å². The van der Waals surface area contributed by atoms with Gasteiger partial charge >= 0.3 is 0 Å². The van der Waals surface area contributed by atoms with Gasteiger partial charge in [0, 0.05) is 54.5 Å². The number of hydrogen-bond acceptors (Lipinski definition) is 7. The first-order chi connectivity index (χ1) is 17.8. The summed E-state index contributed by atoms with van der Waals surface area (Å²) < 4.78 is 41.9. The van der Waals surface area contributed by atoms with Crippen LogP contribution in [-0.2, 0) is 16.6 Å². The average Bonchev–Trinajstić information content (AvgIpc) is 3.42. The summed E-state index contributed by atoms with van der Waals surface area (Å²) in [5.41, 5.74) is 8.30. The Bertz CT molecular complexity index is 1470. The molecule has 0 atom stereocenters. The molecule has 3 N–H and O–H groups in total. The molecule has 0 amide bonds. The van der Waals surface area contributed by atoms with Gasteiger partial charge in [-0.1, -0.05) is 0 Å². The number of H-pyrrole nitrogens is 1. The van der Waals surface area contributed by atoms with E-state index in [4.69, 9.17) is 5.73 Å². The monoisotopic (exact) mass is 521 g/mol. The third-order valence-electron chi connectivity index (χ3n) is 6.70. The SMILES string of the molecule is CN(Cc1ncc[nH]1)C1CCN(S(=O)(=O)c2ccc(N)c(-c3nccc(-c4ccc(F)cc4)n3)c2)CC1. The second kappa shape index (κ2) is 10.4. The molecular weight excluding hydrogens is 493 g/mol. The van der Waals surface area contributed by atoms with E-state index in [2.05, 4.69) is 24.8 Å². The minimum atomic E-state index is -3.73. The molecule has 0 saturated carbocycles. The zero-order valence-corrected chi connectivity index (χ0v) is 21.2. The van der Waals surface area contributed by atoms with Crippen molar-refractivity contribution in [3.63, 3.8) is 0 Å². The molecule has 2 aromatic heterocycles. The molecule has 3 heterocycles. The van der Waals surface area contributed by atoms with Crippen LogP contribution in [-0.4, -0.2) is 63.7 Å². The lowest BCUT2D eigenvalue weighted by molar-refractivity contribution is 0.159. The lowest BCUT2D eigenvalue weighted by Gasteiger charge is -2.35. The van der Waals surface area contributed by atoms with Gasteiger partial charge in [-0.15, -0.1) is 0 Å². The molecule has 192 valence electrons. The summed E-state index contributed by atoms with van der Waals surface area (Å²) in [4.78, 5) is 18.6. The zero-order chi connectivity index (χ0) is 26.0. The molecule has 0 radical (unpaired) electrons. The maximum atomic E-state index is 13.5. The smallest absolute Gasteiger partial charge is 0.243 e. The van der Waals surface area contributed by atoms with Crippen LogP contribution in [0, 0.1) is 5.82 Å². The van der Waals surface area contributed by atoms with Gasteiger partial charge in [-0.2, -0.15) is 4.31 Å². The molecule has 11 heteroatoms. The van der Waals surface area contributed by atoms with Crippen LogP contribution in [0.3, 0.4) is 0 Å². The van der Waals surface area contributed by atoms with E-state index in [0.29, 0.717) is 48.0 Å². The lowest BCUT2D eigenvalue weighted by Crippen LogP contribution is -2.45. The van der Waals surface area contributed by atoms with Crippen LogP contribution in [0.25, 0.3) is 22.6 Å². The third kappa shape index (κ3) is 5.38. The van der Waals surface area contributed by atoms with Crippen LogP contribution in [0.5, 0.6) is 0 Å². The van der Waals surface area contributed by atoms with Crippen molar-refractivity contribution in [2.45, 2.75) is 30.3 Å². The van der Waals surface area contributed by atoms with Crippen molar-refractivity contribution < 1.29 is 12.8 Å². The minimum Gasteiger partial charge on any atom is -0.398 e. The first-order valence-corrected chi connectivity index (χ1v) is 13.4. The van der Waals surface area contributed by atoms with Crippen molar-refractivity contribution in [3.05, 3.63) is 78.8 Å². The number of piperidine rings is 1. The first-order valence-electron chi connectivity index (χ1n) is 12.0. The van der Waals surface area contributed by atoms with Crippen LogP contribution in [0.1, 0.15) is 18.7 Å². The maximum Gasteiger partial charge on any atom is 0.243 e. The molecule has 0 bridgehead atoms. The van der Waals surface area contributed by atoms with E-state index in [1.807, 2.05) is 7.05 Å². The fourth-order valence-electron chi connectivity index (χ4n) is 4.58. The van der Waals surface area contributed by atoms with Gasteiger partial charge in [0.1, 0.15) is 11.6 Å². The predicted molar refractivity (Wildman–Crippen MR) is 139 cm³/mol. The van der Waals surface area contributed by atoms with Crippen molar-refractivity contribution in [3.8, 4) is 22.6 Å². The number of nitrogens with two attached hydrogens (primary N) is 1. The zero-order valence-electron chi connectivity index (χ0n) is 20.4. The van der Waals surface area contributed by atoms with Crippen molar-refractivity contribution in [2.75, 3.05) is 25.9 Å². The number of nitrogen functional groups attached to an aromatic ring is 1. The summed E-state index contributed by atoms with van der Waals surface area (Å²) in [6, 6.07) is 12.6. The van der Waals surface area contributed by atoms with Gasteiger partial charge in [-0.3, -0.25) is 4.90 Å². The number of nitrogens with zero attached hydrogens (tertiary/aromatic N) is 5. The van der Waals surface area contributed by atoms with Gasteiger partial charge in [0.05, 0.1) is 17.1 Å². The Hall–Kier alpha value is -3.67. The molecule has 9 nitrogen and oxygen atoms in total. The van der Waals surface area contributed by atoms with E-state index >= 15 is 0 Å². The number of anilines is 1. The van der Waals surface area contributed by atoms with Gasteiger partial charge in [0.2, 0.25) is 10.0 Å². The maximum absolute atomic E-state index is 13.5. The number of nitrogens with one attached hydrogen (secondary N) is 1. The highest BCUT2D eigenvalue weighted by molar-refractivity contribution is 7.89. The first kappa shape index (κ1) is 25.0. The molecular formula is C26H28FN7O2S.